The van der Waals surface area contributed by atoms with Crippen LogP contribution >= 0.6 is 0 Å². The van der Waals surface area contributed by atoms with Crippen molar-refractivity contribution in [2.24, 2.45) is 0 Å². The summed E-state index contributed by atoms with van der Waals surface area (Å²) in [5.41, 5.74) is 2.88. The fourth-order valence-electron chi connectivity index (χ4n) is 1.95. The van der Waals surface area contributed by atoms with E-state index in [4.69, 9.17) is 4.74 Å². The Hall–Kier alpha value is -2.29. The van der Waals surface area contributed by atoms with Crippen molar-refractivity contribution >= 4 is 5.97 Å². The summed E-state index contributed by atoms with van der Waals surface area (Å²) in [6.07, 6.45) is 0. The van der Waals surface area contributed by atoms with Crippen LogP contribution in [0.25, 0.3) is 11.1 Å². The first-order chi connectivity index (χ1) is 8.63. The fourth-order valence-corrected chi connectivity index (χ4v) is 1.95. The molecule has 2 aromatic carbocycles. The van der Waals surface area contributed by atoms with Crippen LogP contribution in [0, 0.1) is 6.92 Å². The number of aromatic carboxylic acids is 1. The third kappa shape index (κ3) is 2.20. The van der Waals surface area contributed by atoms with Gasteiger partial charge in [0.25, 0.3) is 0 Å². The van der Waals surface area contributed by atoms with E-state index in [2.05, 4.69) is 0 Å². The Kier molecular flexibility index (Phi) is 3.33. The van der Waals surface area contributed by atoms with Gasteiger partial charge in [0.05, 0.1) is 12.7 Å². The Morgan fingerprint density at radius 3 is 2.39 bits per heavy atom. The molecule has 0 aromatic heterocycles. The molecule has 2 rings (SSSR count). The van der Waals surface area contributed by atoms with E-state index in [1.54, 1.807) is 6.07 Å². The van der Waals surface area contributed by atoms with Crippen molar-refractivity contribution in [3.05, 3.63) is 53.6 Å². The summed E-state index contributed by atoms with van der Waals surface area (Å²) >= 11 is 0. The summed E-state index contributed by atoms with van der Waals surface area (Å²) in [4.78, 5) is 11.2. The van der Waals surface area contributed by atoms with Gasteiger partial charge in [-0.2, -0.15) is 0 Å². The number of benzene rings is 2. The van der Waals surface area contributed by atoms with Gasteiger partial charge in [-0.05, 0) is 35.7 Å². The minimum absolute atomic E-state index is 0.271. The van der Waals surface area contributed by atoms with E-state index in [0.29, 0.717) is 5.75 Å². The monoisotopic (exact) mass is 242 g/mol. The van der Waals surface area contributed by atoms with Gasteiger partial charge in [-0.1, -0.05) is 30.3 Å². The third-order valence-corrected chi connectivity index (χ3v) is 2.93. The van der Waals surface area contributed by atoms with Gasteiger partial charge in [-0.15, -0.1) is 0 Å². The summed E-state index contributed by atoms with van der Waals surface area (Å²) < 4.78 is 5.16. The lowest BCUT2D eigenvalue weighted by Crippen LogP contribution is -2.02. The molecule has 0 fully saturated rings. The van der Waals surface area contributed by atoms with Gasteiger partial charge in [0.2, 0.25) is 0 Å². The van der Waals surface area contributed by atoms with Gasteiger partial charge >= 0.3 is 5.97 Å². The molecular formula is C15H14O3. The molecule has 2 aromatic rings. The molecule has 3 heteroatoms. The Morgan fingerprint density at radius 2 is 1.83 bits per heavy atom. The smallest absolute Gasteiger partial charge is 0.336 e. The van der Waals surface area contributed by atoms with E-state index in [1.807, 2.05) is 43.3 Å². The molecule has 0 aliphatic heterocycles. The molecule has 0 atom stereocenters. The zero-order chi connectivity index (χ0) is 13.1. The maximum Gasteiger partial charge on any atom is 0.336 e. The van der Waals surface area contributed by atoms with Crippen LogP contribution in [-0.4, -0.2) is 18.2 Å². The van der Waals surface area contributed by atoms with Gasteiger partial charge in [-0.3, -0.25) is 0 Å². The number of carboxylic acid groups (broad SMARTS) is 1. The summed E-state index contributed by atoms with van der Waals surface area (Å²) in [7, 11) is 1.53. The van der Waals surface area contributed by atoms with Crippen molar-refractivity contribution in [3.63, 3.8) is 0 Å². The second-order valence-corrected chi connectivity index (χ2v) is 4.02. The minimum Gasteiger partial charge on any atom is -0.497 e. The topological polar surface area (TPSA) is 46.5 Å². The maximum atomic E-state index is 11.2. The Morgan fingerprint density at radius 1 is 1.17 bits per heavy atom. The van der Waals surface area contributed by atoms with E-state index in [9.17, 15) is 9.90 Å². The van der Waals surface area contributed by atoms with Crippen molar-refractivity contribution < 1.29 is 14.6 Å². The Balaban J connectivity index is 2.67. The fraction of sp³-hybridized carbons (Fsp3) is 0.133. The van der Waals surface area contributed by atoms with Crippen molar-refractivity contribution in [3.8, 4) is 16.9 Å². The molecule has 92 valence electrons. The zero-order valence-corrected chi connectivity index (χ0v) is 10.3. The van der Waals surface area contributed by atoms with Crippen LogP contribution in [0.1, 0.15) is 15.9 Å². The Labute approximate surface area is 106 Å². The average molecular weight is 242 g/mol. The molecule has 1 N–H and O–H groups in total. The zero-order valence-electron chi connectivity index (χ0n) is 10.3. The molecule has 0 unspecified atom stereocenters. The first kappa shape index (κ1) is 12.2. The van der Waals surface area contributed by atoms with Crippen LogP contribution in [0.4, 0.5) is 0 Å². The van der Waals surface area contributed by atoms with Crippen molar-refractivity contribution in [1.82, 2.24) is 0 Å². The van der Waals surface area contributed by atoms with E-state index in [1.165, 1.54) is 7.11 Å². The molecule has 0 spiro atoms. The molecular weight excluding hydrogens is 228 g/mol. The van der Waals surface area contributed by atoms with Gasteiger partial charge < -0.3 is 9.84 Å². The molecule has 18 heavy (non-hydrogen) atoms. The number of rotatable bonds is 3. The lowest BCUT2D eigenvalue weighted by molar-refractivity contribution is 0.0696. The number of hydrogen-bond donors (Lipinski definition) is 1. The van der Waals surface area contributed by atoms with Crippen LogP contribution in [0.2, 0.25) is 0 Å². The third-order valence-electron chi connectivity index (χ3n) is 2.93. The van der Waals surface area contributed by atoms with Gasteiger partial charge in [0, 0.05) is 0 Å². The molecule has 0 aliphatic carbocycles. The summed E-state index contributed by atoms with van der Waals surface area (Å²) in [6, 6.07) is 13.1. The summed E-state index contributed by atoms with van der Waals surface area (Å²) in [5, 5.41) is 9.20. The van der Waals surface area contributed by atoms with Crippen LogP contribution < -0.4 is 4.74 Å². The molecule has 0 bridgehead atoms. The average Bonchev–Trinajstić information content (AvgIpc) is 2.39. The molecule has 0 aliphatic rings. The predicted molar refractivity (Wildman–Crippen MR) is 70.1 cm³/mol. The van der Waals surface area contributed by atoms with Crippen LogP contribution in [0.3, 0.4) is 0 Å². The summed E-state index contributed by atoms with van der Waals surface area (Å²) in [5.74, 6) is -0.388. The van der Waals surface area contributed by atoms with Crippen molar-refractivity contribution in [2.75, 3.05) is 7.11 Å². The van der Waals surface area contributed by atoms with E-state index < -0.39 is 5.97 Å². The highest BCUT2D eigenvalue weighted by molar-refractivity contribution is 5.92. The first-order valence-corrected chi connectivity index (χ1v) is 5.61. The highest BCUT2D eigenvalue weighted by Crippen LogP contribution is 2.30. The largest absolute Gasteiger partial charge is 0.497 e. The highest BCUT2D eigenvalue weighted by atomic mass is 16.5. The number of methoxy groups -OCH3 is 1. The predicted octanol–water partition coefficient (Wildman–Crippen LogP) is 3.37. The second kappa shape index (κ2) is 4.92. The quantitative estimate of drug-likeness (QED) is 0.897. The number of ether oxygens (including phenoxy) is 1. The standard InChI is InChI=1S/C15H14O3/c1-10-13(11-6-4-3-5-7-11)8-12(18-2)9-14(10)15(16)17/h3-9H,1-2H3,(H,16,17). The minimum atomic E-state index is -0.941. The van der Waals surface area contributed by atoms with Crippen LogP contribution in [0.5, 0.6) is 5.75 Å². The SMILES string of the molecule is COc1cc(C(=O)O)c(C)c(-c2ccccc2)c1. The molecule has 0 saturated carbocycles. The summed E-state index contributed by atoms with van der Waals surface area (Å²) in [6.45, 7) is 1.81. The molecule has 0 heterocycles. The Bertz CT molecular complexity index is 574. The molecule has 0 saturated heterocycles. The molecule has 0 amide bonds. The lowest BCUT2D eigenvalue weighted by Gasteiger charge is -2.11. The highest BCUT2D eigenvalue weighted by Gasteiger charge is 2.14. The van der Waals surface area contributed by atoms with Gasteiger partial charge in [0.1, 0.15) is 5.75 Å². The second-order valence-electron chi connectivity index (χ2n) is 4.02. The number of hydrogen-bond acceptors (Lipinski definition) is 2. The molecule has 0 radical (unpaired) electrons. The first-order valence-electron chi connectivity index (χ1n) is 5.61. The van der Waals surface area contributed by atoms with E-state index in [-0.39, 0.29) is 5.56 Å². The lowest BCUT2D eigenvalue weighted by atomic mass is 9.96. The number of carboxylic acids is 1. The van der Waals surface area contributed by atoms with Crippen LogP contribution in [0.15, 0.2) is 42.5 Å². The number of carbonyl (C=O) groups is 1. The van der Waals surface area contributed by atoms with Gasteiger partial charge in [0.15, 0.2) is 0 Å². The van der Waals surface area contributed by atoms with Crippen LogP contribution in [-0.2, 0) is 0 Å². The van der Waals surface area contributed by atoms with Gasteiger partial charge in [-0.25, -0.2) is 4.79 Å². The van der Waals surface area contributed by atoms with Crippen molar-refractivity contribution in [2.45, 2.75) is 6.92 Å². The van der Waals surface area contributed by atoms with E-state index in [0.717, 1.165) is 16.7 Å². The van der Waals surface area contributed by atoms with E-state index >= 15 is 0 Å². The normalized spacial score (nSPS) is 10.1. The maximum absolute atomic E-state index is 11.2. The molecule has 3 nitrogen and oxygen atoms in total. The van der Waals surface area contributed by atoms with Crippen molar-refractivity contribution in [1.29, 1.82) is 0 Å².